The van der Waals surface area contributed by atoms with Gasteiger partial charge < -0.3 is 78.4 Å². The molecule has 1 aliphatic rings. The van der Waals surface area contributed by atoms with Crippen LogP contribution in [0, 0.1) is 17.5 Å². The normalized spacial score (nSPS) is 13.1. The SMILES string of the molecule is C.C.C.C.CC(Oc1cnc2[nH]cc(C(=O)O)c2n1)c1c(OCCN)ccc(F)c1Cl.CC(Oc1cnc2c(n1)c(C(=O)O)cn2COCC[Si](C)(C)C)c1c(OCCN(C(=O)OC(C)(C)C)C(=O)OC(C)(C)C)ccc(F)c1Cl.CC1Oc2ccc3[nH]cc(c3n2)C(=O)NCCOc2ccc(F)c(Cl)c21.ClCCl. The molecular weight excluding hydrogens is 1550 g/mol. The maximum absolute atomic E-state index is 14.7. The second-order valence-electron chi connectivity index (χ2n) is 26.1. The van der Waals surface area contributed by atoms with Crippen molar-refractivity contribution >= 4 is 129 Å². The molecule has 7 heterocycles. The number of fused-ring (bicyclic) bond motifs is 4. The molecule has 0 spiro atoms. The molecule has 0 fully saturated rings. The van der Waals surface area contributed by atoms with E-state index in [2.05, 4.69) is 59.8 Å². The topological polar surface area (TPSA) is 351 Å². The van der Waals surface area contributed by atoms with Crippen LogP contribution in [0.4, 0.5) is 22.8 Å². The molecule has 3 aromatic carbocycles. The largest absolute Gasteiger partial charge is 0.492 e. The second kappa shape index (κ2) is 41.6. The molecule has 0 saturated heterocycles. The molecule has 10 rings (SSSR count). The van der Waals surface area contributed by atoms with E-state index in [9.17, 15) is 47.4 Å². The fourth-order valence-electron chi connectivity index (χ4n) is 9.81. The van der Waals surface area contributed by atoms with Gasteiger partial charge in [-0.15, -0.1) is 23.2 Å². The molecule has 6 aromatic heterocycles. The Morgan fingerprint density at radius 1 is 0.716 bits per heavy atom. The minimum atomic E-state index is -1.32. The standard InChI is InChI=1S/C33H46ClFN4O9Si.C18H15ClFN3O3.C17H16ClFN4O4.CH2Cl2.4CH4/c1-20(46-24-17-36-28-27(37-24)21(29(40)41)18-38(28)19-44-15-16-49(8,9)10)25-23(12-11-22(35)26(25)34)45-14-13-39(30(42)47-32(2,3)4)31(43)48-33(5,6)7;1-9-15-13(4-2-11(20)16(15)19)25-7-6-21-18(24)10-8-22-12-3-5-14(26-9)23-17(10)12;1-8(13-11(26-5-4-20)3-2-10(19)14(13)18)27-12-7-22-16-15(23-12)9(6-21-16)17(24)25;2-1-3;;;;/h11-12,17-18,20H,13-16,19H2,1-10H3,(H,40,41);2-5,8-9,22H,6-7H2,1H3,(H,21,24);2-3,6-8H,4-5,20H2,1H3,(H,21,22)(H,24,25);1H2;4*1H4. The Kier molecular flexibility index (Phi) is 36.0. The van der Waals surface area contributed by atoms with Crippen molar-refractivity contribution in [3.8, 4) is 34.9 Å². The first-order chi connectivity index (χ1) is 49.4. The van der Waals surface area contributed by atoms with Crippen LogP contribution in [-0.4, -0.2) is 155 Å². The minimum Gasteiger partial charge on any atom is -0.492 e. The van der Waals surface area contributed by atoms with E-state index < -0.39 is 79.2 Å². The van der Waals surface area contributed by atoms with Gasteiger partial charge in [0.1, 0.15) is 118 Å². The zero-order valence-electron chi connectivity index (χ0n) is 59.2. The number of carboxylic acids is 2. The van der Waals surface area contributed by atoms with Gasteiger partial charge in [0.25, 0.3) is 5.91 Å². The average molecular weight is 1640 g/mol. The van der Waals surface area contributed by atoms with Crippen LogP contribution in [0.15, 0.2) is 79.5 Å². The number of aromatic carboxylic acids is 2. The van der Waals surface area contributed by atoms with Crippen molar-refractivity contribution in [1.82, 2.24) is 49.7 Å². The molecule has 27 nitrogen and oxygen atoms in total. The van der Waals surface area contributed by atoms with E-state index in [0.717, 1.165) is 17.0 Å². The van der Waals surface area contributed by atoms with Crippen LogP contribution in [0.2, 0.25) is 40.8 Å². The van der Waals surface area contributed by atoms with Gasteiger partial charge in [-0.2, -0.15) is 0 Å². The fourth-order valence-corrected chi connectivity index (χ4v) is 11.5. The molecule has 3 atom stereocenters. The number of hydrogen-bond donors (Lipinski definition) is 6. The lowest BCUT2D eigenvalue weighted by atomic mass is 10.1. The number of rotatable bonds is 20. The number of aromatic amines is 2. The summed E-state index contributed by atoms with van der Waals surface area (Å²) in [6, 6.07) is 12.2. The number of nitrogens with zero attached hydrogens (tertiary/aromatic N) is 7. The highest BCUT2D eigenvalue weighted by Gasteiger charge is 2.33. The predicted molar refractivity (Wildman–Crippen MR) is 417 cm³/mol. The van der Waals surface area contributed by atoms with E-state index in [1.807, 2.05) is 0 Å². The number of benzene rings is 3. The van der Waals surface area contributed by atoms with Crippen LogP contribution in [0.3, 0.4) is 0 Å². The highest BCUT2D eigenvalue weighted by molar-refractivity contribution is 6.76. The summed E-state index contributed by atoms with van der Waals surface area (Å²) in [6.07, 6.45) is 2.75. The first-order valence-electron chi connectivity index (χ1n) is 32.3. The number of nitrogens with two attached hydrogens (primary N) is 1. The van der Waals surface area contributed by atoms with Crippen molar-refractivity contribution in [2.75, 3.05) is 51.4 Å². The number of carboxylic acid groups (broad SMARTS) is 2. The third-order valence-electron chi connectivity index (χ3n) is 14.5. The lowest BCUT2D eigenvalue weighted by Gasteiger charge is -2.28. The number of halogens is 8. The molecule has 1 aliphatic heterocycles. The number of carbonyl (C=O) groups is 5. The third-order valence-corrected chi connectivity index (χ3v) is 17.4. The smallest absolute Gasteiger partial charge is 0.419 e. The van der Waals surface area contributed by atoms with Crippen LogP contribution >= 0.6 is 58.0 Å². The molecule has 2 bridgehead atoms. The molecule has 0 saturated carbocycles. The highest BCUT2D eigenvalue weighted by atomic mass is 35.5. The van der Waals surface area contributed by atoms with E-state index in [1.54, 1.807) is 85.2 Å². The lowest BCUT2D eigenvalue weighted by Crippen LogP contribution is -2.45. The van der Waals surface area contributed by atoms with Crippen LogP contribution in [-0.2, 0) is 20.9 Å². The fraction of sp³-hybridized carbons (Fsp3) is 0.425. The number of pyridine rings is 1. The monoisotopic (exact) mass is 1640 g/mol. The summed E-state index contributed by atoms with van der Waals surface area (Å²) in [4.78, 5) is 89.3. The summed E-state index contributed by atoms with van der Waals surface area (Å²) in [5, 5.41) is 21.5. The van der Waals surface area contributed by atoms with Gasteiger partial charge in [0, 0.05) is 45.9 Å². The van der Waals surface area contributed by atoms with Crippen molar-refractivity contribution in [3.05, 3.63) is 145 Å². The molecule has 0 aliphatic carbocycles. The second-order valence-corrected chi connectivity index (χ2v) is 33.7. The first kappa shape index (κ1) is 94.1. The Bertz CT molecular complexity index is 4550. The van der Waals surface area contributed by atoms with Gasteiger partial charge in [-0.05, 0) is 111 Å². The number of amides is 3. The quantitative estimate of drug-likeness (QED) is 0.0234. The maximum atomic E-state index is 14.7. The van der Waals surface area contributed by atoms with Gasteiger partial charge in [0.05, 0.1) is 73.7 Å². The Morgan fingerprint density at radius 2 is 1.25 bits per heavy atom. The highest BCUT2D eigenvalue weighted by Crippen LogP contribution is 2.40. The zero-order valence-corrected chi connectivity index (χ0v) is 63.9. The van der Waals surface area contributed by atoms with Gasteiger partial charge in [0.2, 0.25) is 17.6 Å². The van der Waals surface area contributed by atoms with Crippen LogP contribution in [0.5, 0.6) is 34.9 Å². The van der Waals surface area contributed by atoms with Gasteiger partial charge in [-0.1, -0.05) is 84.2 Å². The van der Waals surface area contributed by atoms with Crippen LogP contribution in [0.1, 0.15) is 158 Å². The number of hydrogen-bond acceptors (Lipinski definition) is 20. The summed E-state index contributed by atoms with van der Waals surface area (Å²) >= 11 is 28.2. The molecule has 3 amide bonds. The lowest BCUT2D eigenvalue weighted by molar-refractivity contribution is -0.000858. The number of carbonyl (C=O) groups excluding carboxylic acids is 3. The molecule has 109 heavy (non-hydrogen) atoms. The summed E-state index contributed by atoms with van der Waals surface area (Å²) in [5.74, 6) is -3.40. The van der Waals surface area contributed by atoms with Crippen molar-refractivity contribution in [1.29, 1.82) is 0 Å². The summed E-state index contributed by atoms with van der Waals surface area (Å²) < 4.78 is 95.4. The van der Waals surface area contributed by atoms with E-state index in [0.29, 0.717) is 57.4 Å². The Labute approximate surface area is 656 Å². The third kappa shape index (κ3) is 25.8. The van der Waals surface area contributed by atoms with Crippen molar-refractivity contribution in [3.63, 3.8) is 0 Å². The van der Waals surface area contributed by atoms with Crippen LogP contribution < -0.4 is 39.5 Å². The molecule has 7 N–H and O–H groups in total. The minimum absolute atomic E-state index is 0. The number of alkyl halides is 2. The van der Waals surface area contributed by atoms with Crippen molar-refractivity contribution < 1.29 is 90.0 Å². The van der Waals surface area contributed by atoms with Gasteiger partial charge in [0.15, 0.2) is 11.3 Å². The molecule has 598 valence electrons. The first-order valence-corrected chi connectivity index (χ1v) is 38.2. The van der Waals surface area contributed by atoms with Gasteiger partial charge in [-0.3, -0.25) is 4.79 Å². The Morgan fingerprint density at radius 3 is 1.79 bits per heavy atom. The van der Waals surface area contributed by atoms with E-state index in [-0.39, 0.29) is 153 Å². The molecule has 36 heteroatoms. The average Bonchev–Trinajstić information content (AvgIpc) is 1.69. The summed E-state index contributed by atoms with van der Waals surface area (Å²) in [5.41, 5.74) is 6.79. The Balaban J connectivity index is 0.000000436. The molecular formula is C73H95Cl5F3N11O16Si. The van der Waals surface area contributed by atoms with Gasteiger partial charge >= 0.3 is 24.1 Å². The van der Waals surface area contributed by atoms with Crippen LogP contribution in [0.25, 0.3) is 33.4 Å². The number of imide groups is 1. The van der Waals surface area contributed by atoms with E-state index in [1.165, 1.54) is 55.1 Å². The van der Waals surface area contributed by atoms with Crippen molar-refractivity contribution in [2.24, 2.45) is 5.73 Å². The Hall–Kier alpha value is -9.08. The number of ether oxygens (including phenoxy) is 9. The van der Waals surface area contributed by atoms with Crippen molar-refractivity contribution in [2.45, 2.75) is 154 Å². The molecule has 0 radical (unpaired) electrons. The summed E-state index contributed by atoms with van der Waals surface area (Å²) in [7, 11) is -1.32. The maximum Gasteiger partial charge on any atom is 0.419 e. The molecule has 9 aromatic rings. The predicted octanol–water partition coefficient (Wildman–Crippen LogP) is 18.4. The number of nitrogens with one attached hydrogen (secondary N) is 3. The summed E-state index contributed by atoms with van der Waals surface area (Å²) in [6.45, 7) is 22.7. The molecule has 3 unspecified atom stereocenters. The zero-order chi connectivity index (χ0) is 77.4. The number of aromatic nitrogens is 8. The number of H-pyrrole nitrogens is 2. The van der Waals surface area contributed by atoms with E-state index >= 15 is 0 Å². The van der Waals surface area contributed by atoms with E-state index in [4.69, 9.17) is 106 Å². The van der Waals surface area contributed by atoms with Gasteiger partial charge in [-0.25, -0.2) is 62.2 Å².